The van der Waals surface area contributed by atoms with Gasteiger partial charge in [-0.15, -0.1) is 0 Å². The minimum Gasteiger partial charge on any atom is -0.456 e. The molecule has 0 saturated carbocycles. The van der Waals surface area contributed by atoms with Crippen LogP contribution in [0, 0.1) is 5.82 Å². The van der Waals surface area contributed by atoms with Gasteiger partial charge in [-0.3, -0.25) is 0 Å². The number of nitrogens with one attached hydrogen (secondary N) is 1. The van der Waals surface area contributed by atoms with Crippen LogP contribution in [0.4, 0.5) is 4.39 Å². The van der Waals surface area contributed by atoms with Gasteiger partial charge in [0.2, 0.25) is 0 Å². The molecule has 1 aromatic heterocycles. The van der Waals surface area contributed by atoms with Crippen LogP contribution < -0.4 is 5.32 Å². The number of rotatable bonds is 7. The van der Waals surface area contributed by atoms with Crippen LogP contribution in [0.15, 0.2) is 28.7 Å². The van der Waals surface area contributed by atoms with Crippen LogP contribution >= 0.6 is 0 Å². The molecule has 0 aliphatic carbocycles. The first kappa shape index (κ1) is 15.0. The fourth-order valence-electron chi connectivity index (χ4n) is 2.07. The molecule has 1 aromatic carbocycles. The molecule has 0 radical (unpaired) electrons. The molecule has 1 heterocycles. The fourth-order valence-corrected chi connectivity index (χ4v) is 2.07. The van der Waals surface area contributed by atoms with Crippen molar-refractivity contribution in [2.24, 2.45) is 0 Å². The number of hydrogen-bond donors (Lipinski definition) is 1. The van der Waals surface area contributed by atoms with E-state index < -0.39 is 0 Å². The first-order valence-corrected chi connectivity index (χ1v) is 7.14. The summed E-state index contributed by atoms with van der Waals surface area (Å²) in [4.78, 5) is 0. The third-order valence-electron chi connectivity index (χ3n) is 3.10. The summed E-state index contributed by atoms with van der Waals surface area (Å²) in [5, 5.41) is 4.17. The maximum absolute atomic E-state index is 13.7. The van der Waals surface area contributed by atoms with E-state index >= 15 is 0 Å². The minimum atomic E-state index is -0.326. The molecule has 1 atom stereocenters. The molecule has 0 aliphatic rings. The molecule has 0 amide bonds. The first-order valence-electron chi connectivity index (χ1n) is 7.14. The molecule has 0 saturated heterocycles. The average Bonchev–Trinajstić information content (AvgIpc) is 2.84. The van der Waals surface area contributed by atoms with Crippen LogP contribution in [-0.4, -0.2) is 19.3 Å². The van der Waals surface area contributed by atoms with Crippen LogP contribution in [0.1, 0.15) is 39.0 Å². The molecule has 0 aliphatic heterocycles. The van der Waals surface area contributed by atoms with Crippen molar-refractivity contribution in [3.05, 3.63) is 35.8 Å². The number of benzene rings is 1. The van der Waals surface area contributed by atoms with Crippen molar-refractivity contribution in [3.63, 3.8) is 0 Å². The zero-order valence-corrected chi connectivity index (χ0v) is 12.3. The van der Waals surface area contributed by atoms with Gasteiger partial charge in [-0.25, -0.2) is 4.39 Å². The monoisotopic (exact) mass is 279 g/mol. The van der Waals surface area contributed by atoms with Crippen LogP contribution in [-0.2, 0) is 4.74 Å². The molecule has 2 aromatic rings. The van der Waals surface area contributed by atoms with Gasteiger partial charge < -0.3 is 14.5 Å². The van der Waals surface area contributed by atoms with Crippen molar-refractivity contribution in [2.45, 2.75) is 39.3 Å². The number of fused-ring (bicyclic) bond motifs is 1. The lowest BCUT2D eigenvalue weighted by molar-refractivity contribution is 0.0571. The van der Waals surface area contributed by atoms with Crippen molar-refractivity contribution in [1.82, 2.24) is 5.32 Å². The summed E-state index contributed by atoms with van der Waals surface area (Å²) < 4.78 is 25.0. The van der Waals surface area contributed by atoms with Crippen molar-refractivity contribution in [3.8, 4) is 0 Å². The predicted octanol–water partition coefficient (Wildman–Crippen LogP) is 4.04. The summed E-state index contributed by atoms with van der Waals surface area (Å²) in [5.74, 6) is 0.395. The van der Waals surface area contributed by atoms with E-state index in [2.05, 4.69) is 12.2 Å². The third-order valence-corrected chi connectivity index (χ3v) is 3.10. The molecular weight excluding hydrogens is 257 g/mol. The Labute approximate surface area is 119 Å². The van der Waals surface area contributed by atoms with E-state index in [-0.39, 0.29) is 18.0 Å². The van der Waals surface area contributed by atoms with Crippen molar-refractivity contribution >= 4 is 11.0 Å². The molecule has 110 valence electrons. The SMILES string of the molecule is CCCNC(COC(C)C)c1cc2cccc(F)c2o1. The van der Waals surface area contributed by atoms with Crippen molar-refractivity contribution < 1.29 is 13.5 Å². The third kappa shape index (κ3) is 3.58. The maximum Gasteiger partial charge on any atom is 0.169 e. The van der Waals surface area contributed by atoms with E-state index in [4.69, 9.17) is 9.15 Å². The van der Waals surface area contributed by atoms with E-state index in [1.54, 1.807) is 6.07 Å². The van der Waals surface area contributed by atoms with Gasteiger partial charge in [-0.2, -0.15) is 0 Å². The summed E-state index contributed by atoms with van der Waals surface area (Å²) in [7, 11) is 0. The molecule has 20 heavy (non-hydrogen) atoms. The normalized spacial score (nSPS) is 13.2. The summed E-state index contributed by atoms with van der Waals surface area (Å²) in [6.45, 7) is 7.47. The van der Waals surface area contributed by atoms with E-state index in [0.717, 1.165) is 24.1 Å². The second-order valence-corrected chi connectivity index (χ2v) is 5.20. The quantitative estimate of drug-likeness (QED) is 0.830. The maximum atomic E-state index is 13.7. The van der Waals surface area contributed by atoms with Gasteiger partial charge in [0, 0.05) is 5.39 Å². The van der Waals surface area contributed by atoms with Crippen LogP contribution in [0.5, 0.6) is 0 Å². The highest BCUT2D eigenvalue weighted by atomic mass is 19.1. The predicted molar refractivity (Wildman–Crippen MR) is 78.3 cm³/mol. The van der Waals surface area contributed by atoms with Gasteiger partial charge in [0.05, 0.1) is 18.8 Å². The number of ether oxygens (including phenoxy) is 1. The average molecular weight is 279 g/mol. The first-order chi connectivity index (χ1) is 9.61. The molecule has 0 fully saturated rings. The fraction of sp³-hybridized carbons (Fsp3) is 0.500. The van der Waals surface area contributed by atoms with Crippen molar-refractivity contribution in [2.75, 3.05) is 13.2 Å². The molecule has 3 nitrogen and oxygen atoms in total. The number of hydrogen-bond acceptors (Lipinski definition) is 3. The Balaban J connectivity index is 2.22. The Morgan fingerprint density at radius 2 is 2.15 bits per heavy atom. The van der Waals surface area contributed by atoms with Crippen LogP contribution in [0.3, 0.4) is 0 Å². The van der Waals surface area contributed by atoms with Gasteiger partial charge in [-0.1, -0.05) is 19.1 Å². The topological polar surface area (TPSA) is 34.4 Å². The molecular formula is C16H22FNO2. The highest BCUT2D eigenvalue weighted by molar-refractivity contribution is 5.78. The minimum absolute atomic E-state index is 0.0517. The van der Waals surface area contributed by atoms with E-state index in [1.807, 2.05) is 26.0 Å². The van der Waals surface area contributed by atoms with Gasteiger partial charge in [0.1, 0.15) is 5.76 Å². The summed E-state index contributed by atoms with van der Waals surface area (Å²) in [5.41, 5.74) is 0.315. The zero-order valence-electron chi connectivity index (χ0n) is 12.3. The number of para-hydroxylation sites is 1. The smallest absolute Gasteiger partial charge is 0.169 e. The molecule has 1 unspecified atom stereocenters. The largest absolute Gasteiger partial charge is 0.456 e. The Bertz CT molecular complexity index is 550. The molecule has 2 rings (SSSR count). The lowest BCUT2D eigenvalue weighted by Crippen LogP contribution is -2.27. The van der Waals surface area contributed by atoms with Crippen LogP contribution in [0.25, 0.3) is 11.0 Å². The van der Waals surface area contributed by atoms with Crippen LogP contribution in [0.2, 0.25) is 0 Å². The summed E-state index contributed by atoms with van der Waals surface area (Å²) in [6.07, 6.45) is 1.18. The molecule has 0 spiro atoms. The van der Waals surface area contributed by atoms with Gasteiger partial charge in [-0.05, 0) is 38.9 Å². The van der Waals surface area contributed by atoms with Gasteiger partial charge in [0.15, 0.2) is 11.4 Å². The second kappa shape index (κ2) is 6.86. The second-order valence-electron chi connectivity index (χ2n) is 5.20. The van der Waals surface area contributed by atoms with E-state index in [9.17, 15) is 4.39 Å². The lowest BCUT2D eigenvalue weighted by Gasteiger charge is -2.18. The Hall–Kier alpha value is -1.39. The highest BCUT2D eigenvalue weighted by Gasteiger charge is 2.18. The van der Waals surface area contributed by atoms with Gasteiger partial charge in [0.25, 0.3) is 0 Å². The Kier molecular flexibility index (Phi) is 5.15. The Morgan fingerprint density at radius 3 is 2.80 bits per heavy atom. The van der Waals surface area contributed by atoms with E-state index in [0.29, 0.717) is 12.2 Å². The Morgan fingerprint density at radius 1 is 1.35 bits per heavy atom. The summed E-state index contributed by atoms with van der Waals surface area (Å²) in [6, 6.07) is 6.79. The number of halogens is 1. The molecule has 1 N–H and O–H groups in total. The lowest BCUT2D eigenvalue weighted by atomic mass is 10.2. The highest BCUT2D eigenvalue weighted by Crippen LogP contribution is 2.26. The zero-order chi connectivity index (χ0) is 14.5. The molecule has 0 bridgehead atoms. The standard InChI is InChI=1S/C16H22FNO2/c1-4-8-18-14(10-19-11(2)3)15-9-12-6-5-7-13(17)16(12)20-15/h5-7,9,11,14,18H,4,8,10H2,1-3H3. The van der Waals surface area contributed by atoms with E-state index in [1.165, 1.54) is 6.07 Å². The summed E-state index contributed by atoms with van der Waals surface area (Å²) >= 11 is 0. The number of furan rings is 1. The van der Waals surface area contributed by atoms with Crippen molar-refractivity contribution in [1.29, 1.82) is 0 Å². The molecule has 4 heteroatoms. The van der Waals surface area contributed by atoms with Gasteiger partial charge >= 0.3 is 0 Å².